The van der Waals surface area contributed by atoms with Crippen molar-refractivity contribution in [2.24, 2.45) is 0 Å². The van der Waals surface area contributed by atoms with E-state index in [1.807, 2.05) is 29.5 Å². The van der Waals surface area contributed by atoms with Crippen molar-refractivity contribution in [1.82, 2.24) is 0 Å². The Hall–Kier alpha value is 0.650. The van der Waals surface area contributed by atoms with Gasteiger partial charge in [-0.3, -0.25) is 0 Å². The standard InChI is InChI=1S/C4H8IO2/c1-3(5)7-4(2)6/h3-4H,1-2H3. The molecule has 2 unspecified atom stereocenters. The van der Waals surface area contributed by atoms with E-state index in [2.05, 4.69) is 4.74 Å². The molecule has 0 heterocycles. The van der Waals surface area contributed by atoms with Gasteiger partial charge >= 0.3 is 0 Å². The lowest BCUT2D eigenvalue weighted by Gasteiger charge is -2.04. The van der Waals surface area contributed by atoms with E-state index in [4.69, 9.17) is 0 Å². The SMILES string of the molecule is CC([O])OC(C)I. The zero-order chi connectivity index (χ0) is 5.86. The molecule has 0 aromatic heterocycles. The minimum atomic E-state index is -0.883. The van der Waals surface area contributed by atoms with Crippen LogP contribution in [0.5, 0.6) is 0 Å². The Morgan fingerprint density at radius 3 is 2.00 bits per heavy atom. The predicted molar refractivity (Wildman–Crippen MR) is 34.7 cm³/mol. The molecule has 0 fully saturated rings. The molecule has 0 spiro atoms. The fraction of sp³-hybridized carbons (Fsp3) is 1.00. The highest BCUT2D eigenvalue weighted by molar-refractivity contribution is 14.1. The van der Waals surface area contributed by atoms with Crippen LogP contribution < -0.4 is 0 Å². The number of halogens is 1. The monoisotopic (exact) mass is 215 g/mol. The van der Waals surface area contributed by atoms with Crippen LogP contribution >= 0.6 is 22.6 Å². The highest BCUT2D eigenvalue weighted by atomic mass is 127. The van der Waals surface area contributed by atoms with Crippen LogP contribution in [0.2, 0.25) is 0 Å². The van der Waals surface area contributed by atoms with Gasteiger partial charge in [0.05, 0.1) is 0 Å². The second-order valence-corrected chi connectivity index (χ2v) is 3.00. The topological polar surface area (TPSA) is 29.1 Å². The van der Waals surface area contributed by atoms with Gasteiger partial charge in [0.2, 0.25) is 0 Å². The van der Waals surface area contributed by atoms with Crippen LogP contribution in [0.4, 0.5) is 0 Å². The van der Waals surface area contributed by atoms with Gasteiger partial charge in [-0.05, 0) is 13.8 Å². The smallest absolute Gasteiger partial charge is 0.189 e. The first-order valence-electron chi connectivity index (χ1n) is 2.08. The van der Waals surface area contributed by atoms with E-state index in [-0.39, 0.29) is 4.11 Å². The molecule has 0 bridgehead atoms. The predicted octanol–water partition coefficient (Wildman–Crippen LogP) is 1.56. The maximum atomic E-state index is 10.1. The molecule has 0 amide bonds. The van der Waals surface area contributed by atoms with E-state index in [9.17, 15) is 5.11 Å². The molecule has 7 heavy (non-hydrogen) atoms. The molecule has 1 radical (unpaired) electrons. The maximum Gasteiger partial charge on any atom is 0.189 e. The molecule has 0 rings (SSSR count). The van der Waals surface area contributed by atoms with E-state index >= 15 is 0 Å². The maximum absolute atomic E-state index is 10.1. The summed E-state index contributed by atoms with van der Waals surface area (Å²) in [4.78, 5) is 0. The fourth-order valence-electron chi connectivity index (χ4n) is 0.264. The van der Waals surface area contributed by atoms with Crippen molar-refractivity contribution in [2.75, 3.05) is 0 Å². The van der Waals surface area contributed by atoms with Gasteiger partial charge in [0.1, 0.15) is 4.11 Å². The first kappa shape index (κ1) is 7.65. The Bertz CT molecular complexity index is 39.0. The third-order valence-corrected chi connectivity index (χ3v) is 0.673. The molecule has 43 valence electrons. The summed E-state index contributed by atoms with van der Waals surface area (Å²) in [7, 11) is 0. The van der Waals surface area contributed by atoms with Crippen molar-refractivity contribution in [2.45, 2.75) is 24.2 Å². The van der Waals surface area contributed by atoms with Gasteiger partial charge in [-0.2, -0.15) is 0 Å². The third kappa shape index (κ3) is 6.65. The first-order chi connectivity index (χ1) is 3.13. The summed E-state index contributed by atoms with van der Waals surface area (Å²) < 4.78 is 4.71. The summed E-state index contributed by atoms with van der Waals surface area (Å²) in [6, 6.07) is 0. The number of hydrogen-bond acceptors (Lipinski definition) is 1. The molecule has 0 saturated heterocycles. The second-order valence-electron chi connectivity index (χ2n) is 1.25. The Labute approximate surface area is 57.0 Å². The van der Waals surface area contributed by atoms with E-state index in [0.29, 0.717) is 0 Å². The number of ether oxygens (including phenoxy) is 1. The van der Waals surface area contributed by atoms with Gasteiger partial charge in [-0.15, -0.1) is 0 Å². The van der Waals surface area contributed by atoms with Crippen molar-refractivity contribution in [3.8, 4) is 0 Å². The summed E-state index contributed by atoms with van der Waals surface area (Å²) in [5, 5.41) is 10.1. The zero-order valence-electron chi connectivity index (χ0n) is 4.35. The van der Waals surface area contributed by atoms with Crippen LogP contribution in [0.15, 0.2) is 0 Å². The highest BCUT2D eigenvalue weighted by Crippen LogP contribution is 2.02. The first-order valence-corrected chi connectivity index (χ1v) is 3.33. The van der Waals surface area contributed by atoms with Crippen LogP contribution in [0, 0.1) is 0 Å². The number of hydrogen-bond donors (Lipinski definition) is 0. The van der Waals surface area contributed by atoms with Crippen molar-refractivity contribution >= 4 is 22.6 Å². The summed E-state index contributed by atoms with van der Waals surface area (Å²) in [5.74, 6) is 0. The molecule has 0 aliphatic carbocycles. The Morgan fingerprint density at radius 1 is 1.57 bits per heavy atom. The van der Waals surface area contributed by atoms with E-state index in [0.717, 1.165) is 0 Å². The van der Waals surface area contributed by atoms with Gasteiger partial charge in [-0.1, -0.05) is 22.6 Å². The molecule has 0 saturated carbocycles. The number of alkyl halides is 1. The molecule has 0 N–H and O–H groups in total. The number of rotatable bonds is 2. The highest BCUT2D eigenvalue weighted by Gasteiger charge is 1.99. The molecule has 2 atom stereocenters. The largest absolute Gasteiger partial charge is 0.337 e. The molecule has 2 nitrogen and oxygen atoms in total. The Morgan fingerprint density at radius 2 is 2.00 bits per heavy atom. The molecule has 3 heteroatoms. The van der Waals surface area contributed by atoms with Crippen molar-refractivity contribution in [3.63, 3.8) is 0 Å². The lowest BCUT2D eigenvalue weighted by atomic mass is 10.7. The van der Waals surface area contributed by atoms with Crippen molar-refractivity contribution in [3.05, 3.63) is 0 Å². The van der Waals surface area contributed by atoms with Crippen LogP contribution in [0.25, 0.3) is 0 Å². The van der Waals surface area contributed by atoms with E-state index < -0.39 is 6.29 Å². The summed E-state index contributed by atoms with van der Waals surface area (Å²) in [5.41, 5.74) is 0. The van der Waals surface area contributed by atoms with Gasteiger partial charge in [0.15, 0.2) is 6.29 Å². The van der Waals surface area contributed by atoms with Gasteiger partial charge in [0, 0.05) is 0 Å². The Kier molecular flexibility index (Phi) is 3.96. The molecule has 0 aliphatic heterocycles. The minimum absolute atomic E-state index is 0.0325. The van der Waals surface area contributed by atoms with Gasteiger partial charge in [0.25, 0.3) is 0 Å². The van der Waals surface area contributed by atoms with Crippen molar-refractivity contribution < 1.29 is 9.84 Å². The zero-order valence-corrected chi connectivity index (χ0v) is 6.51. The van der Waals surface area contributed by atoms with Crippen LogP contribution in [-0.2, 0) is 9.84 Å². The lowest BCUT2D eigenvalue weighted by Crippen LogP contribution is -2.08. The second kappa shape index (κ2) is 3.63. The Balaban J connectivity index is 2.95. The third-order valence-electron chi connectivity index (χ3n) is 0.379. The van der Waals surface area contributed by atoms with Gasteiger partial charge in [-0.25, -0.2) is 5.11 Å². The average Bonchev–Trinajstić information content (AvgIpc) is 1.27. The van der Waals surface area contributed by atoms with E-state index in [1.165, 1.54) is 6.92 Å². The van der Waals surface area contributed by atoms with E-state index in [1.54, 1.807) is 0 Å². The van der Waals surface area contributed by atoms with Crippen LogP contribution in [-0.4, -0.2) is 10.4 Å². The molecule has 0 aromatic carbocycles. The normalized spacial score (nSPS) is 18.9. The summed E-state index contributed by atoms with van der Waals surface area (Å²) in [6.45, 7) is 3.31. The molecular weight excluding hydrogens is 207 g/mol. The van der Waals surface area contributed by atoms with Crippen LogP contribution in [0.1, 0.15) is 13.8 Å². The average molecular weight is 215 g/mol. The quantitative estimate of drug-likeness (QED) is 0.390. The minimum Gasteiger partial charge on any atom is -0.337 e. The molecular formula is C4H8IO2. The lowest BCUT2D eigenvalue weighted by molar-refractivity contribution is -0.127. The molecule has 0 aromatic rings. The fourth-order valence-corrected chi connectivity index (χ4v) is 0.678. The van der Waals surface area contributed by atoms with Crippen molar-refractivity contribution in [1.29, 1.82) is 0 Å². The summed E-state index contributed by atoms with van der Waals surface area (Å²) >= 11 is 2.04. The van der Waals surface area contributed by atoms with Crippen LogP contribution in [0.3, 0.4) is 0 Å². The summed E-state index contributed by atoms with van der Waals surface area (Å²) in [6.07, 6.45) is -0.883. The van der Waals surface area contributed by atoms with Gasteiger partial charge < -0.3 is 4.74 Å². The molecule has 0 aliphatic rings.